The van der Waals surface area contributed by atoms with Crippen LogP contribution in [0.5, 0.6) is 0 Å². The van der Waals surface area contributed by atoms with Gasteiger partial charge in [-0.3, -0.25) is 5.41 Å². The Morgan fingerprint density at radius 1 is 0.867 bits per heavy atom. The summed E-state index contributed by atoms with van der Waals surface area (Å²) in [5, 5.41) is 12.2. The molecule has 0 unspecified atom stereocenters. The summed E-state index contributed by atoms with van der Waals surface area (Å²) in [4.78, 5) is 4.84. The predicted molar refractivity (Wildman–Crippen MR) is 117 cm³/mol. The second-order valence-corrected chi connectivity index (χ2v) is 7.14. The molecule has 2 N–H and O–H groups in total. The lowest BCUT2D eigenvalue weighted by atomic mass is 10.1. The van der Waals surface area contributed by atoms with Crippen molar-refractivity contribution >= 4 is 16.7 Å². The number of anilines is 1. The fourth-order valence-corrected chi connectivity index (χ4v) is 3.65. The van der Waals surface area contributed by atoms with E-state index in [9.17, 15) is 4.39 Å². The molecule has 146 valence electrons. The van der Waals surface area contributed by atoms with Crippen LogP contribution in [0.2, 0.25) is 0 Å². The maximum absolute atomic E-state index is 13.1. The maximum Gasteiger partial charge on any atom is 0.123 e. The van der Waals surface area contributed by atoms with Crippen molar-refractivity contribution in [2.75, 3.05) is 5.32 Å². The van der Waals surface area contributed by atoms with Crippen molar-refractivity contribution in [2.24, 2.45) is 0 Å². The van der Waals surface area contributed by atoms with Crippen LogP contribution >= 0.6 is 0 Å². The molecule has 1 aliphatic carbocycles. The van der Waals surface area contributed by atoms with Crippen LogP contribution < -0.4 is 10.7 Å². The molecule has 5 rings (SSSR count). The first-order valence-electron chi connectivity index (χ1n) is 9.73. The Morgan fingerprint density at radius 3 is 2.40 bits per heavy atom. The van der Waals surface area contributed by atoms with E-state index in [4.69, 9.17) is 10.4 Å². The number of fused-ring (bicyclic) bond motifs is 2. The number of aromatic nitrogens is 2. The van der Waals surface area contributed by atoms with Crippen LogP contribution in [0, 0.1) is 11.2 Å². The summed E-state index contributed by atoms with van der Waals surface area (Å²) in [6.45, 7) is 0.504. The SMILES string of the molecule is N=c1cc2n(-c3ccccc3)c3ccccc3nc-2cc1NCc1ccc(F)cc1. The molecule has 0 saturated carbocycles. The Kier molecular flexibility index (Phi) is 4.48. The van der Waals surface area contributed by atoms with Crippen molar-refractivity contribution < 1.29 is 4.39 Å². The van der Waals surface area contributed by atoms with Crippen LogP contribution in [0.15, 0.2) is 91.0 Å². The minimum atomic E-state index is -0.257. The molecule has 0 saturated heterocycles. The zero-order chi connectivity index (χ0) is 20.5. The van der Waals surface area contributed by atoms with Gasteiger partial charge < -0.3 is 9.88 Å². The van der Waals surface area contributed by atoms with E-state index in [1.54, 1.807) is 12.1 Å². The van der Waals surface area contributed by atoms with E-state index in [0.29, 0.717) is 17.6 Å². The van der Waals surface area contributed by atoms with Gasteiger partial charge in [0.2, 0.25) is 0 Å². The van der Waals surface area contributed by atoms with Crippen molar-refractivity contribution in [1.29, 1.82) is 5.41 Å². The molecule has 3 aromatic carbocycles. The molecule has 0 amide bonds. The highest BCUT2D eigenvalue weighted by Gasteiger charge is 2.15. The van der Waals surface area contributed by atoms with Crippen LogP contribution in [0.3, 0.4) is 0 Å². The van der Waals surface area contributed by atoms with E-state index >= 15 is 0 Å². The van der Waals surface area contributed by atoms with Gasteiger partial charge in [-0.2, -0.15) is 0 Å². The largest absolute Gasteiger partial charge is 0.379 e. The summed E-state index contributed by atoms with van der Waals surface area (Å²) < 4.78 is 15.3. The third-order valence-electron chi connectivity index (χ3n) is 5.13. The fraction of sp³-hybridized carbons (Fsp3) is 0.0400. The van der Waals surface area contributed by atoms with E-state index in [1.807, 2.05) is 54.6 Å². The van der Waals surface area contributed by atoms with Crippen molar-refractivity contribution in [3.63, 3.8) is 0 Å². The molecular formula is C25H19FN4. The van der Waals surface area contributed by atoms with Crippen LogP contribution in [-0.4, -0.2) is 9.55 Å². The van der Waals surface area contributed by atoms with Crippen LogP contribution in [0.4, 0.5) is 10.1 Å². The highest BCUT2D eigenvalue weighted by atomic mass is 19.1. The van der Waals surface area contributed by atoms with E-state index in [0.717, 1.165) is 33.7 Å². The van der Waals surface area contributed by atoms with Gasteiger partial charge >= 0.3 is 0 Å². The molecule has 5 heteroatoms. The van der Waals surface area contributed by atoms with Gasteiger partial charge in [-0.1, -0.05) is 42.5 Å². The number of benzene rings is 4. The average Bonchev–Trinajstić information content (AvgIpc) is 2.78. The molecule has 30 heavy (non-hydrogen) atoms. The highest BCUT2D eigenvalue weighted by Crippen LogP contribution is 2.29. The van der Waals surface area contributed by atoms with Gasteiger partial charge in [-0.15, -0.1) is 0 Å². The number of halogens is 1. The molecule has 0 aromatic heterocycles. The Morgan fingerprint density at radius 2 is 1.60 bits per heavy atom. The minimum absolute atomic E-state index is 0.257. The summed E-state index contributed by atoms with van der Waals surface area (Å²) in [5.41, 5.74) is 6.20. The average molecular weight is 394 g/mol. The Balaban J connectivity index is 1.64. The second-order valence-electron chi connectivity index (χ2n) is 7.14. The molecule has 4 nitrogen and oxygen atoms in total. The van der Waals surface area contributed by atoms with E-state index in [2.05, 4.69) is 22.0 Å². The van der Waals surface area contributed by atoms with Crippen molar-refractivity contribution in [1.82, 2.24) is 9.55 Å². The quantitative estimate of drug-likeness (QED) is 0.403. The van der Waals surface area contributed by atoms with Crippen LogP contribution in [-0.2, 0) is 6.54 Å². The minimum Gasteiger partial charge on any atom is -0.379 e. The van der Waals surface area contributed by atoms with E-state index in [1.165, 1.54) is 12.1 Å². The molecule has 1 aliphatic heterocycles. The van der Waals surface area contributed by atoms with Crippen molar-refractivity contribution in [2.45, 2.75) is 6.54 Å². The summed E-state index contributed by atoms with van der Waals surface area (Å²) in [5.74, 6) is -0.257. The summed E-state index contributed by atoms with van der Waals surface area (Å²) >= 11 is 0. The van der Waals surface area contributed by atoms with Gasteiger partial charge in [0.05, 0.1) is 33.5 Å². The van der Waals surface area contributed by atoms with Gasteiger partial charge in [-0.25, -0.2) is 9.37 Å². The normalized spacial score (nSPS) is 11.1. The zero-order valence-corrected chi connectivity index (χ0v) is 16.1. The molecule has 0 radical (unpaired) electrons. The Hall–Kier alpha value is -3.99. The Bertz CT molecular complexity index is 1360. The first-order valence-corrected chi connectivity index (χ1v) is 9.73. The number of para-hydroxylation sites is 3. The lowest BCUT2D eigenvalue weighted by Gasteiger charge is -2.20. The topological polar surface area (TPSA) is 53.7 Å². The number of rotatable bonds is 4. The number of hydrogen-bond acceptors (Lipinski definition) is 3. The Labute approximate surface area is 173 Å². The van der Waals surface area contributed by atoms with Crippen molar-refractivity contribution in [3.05, 3.63) is 108 Å². The van der Waals surface area contributed by atoms with E-state index in [-0.39, 0.29) is 5.82 Å². The smallest absolute Gasteiger partial charge is 0.123 e. The van der Waals surface area contributed by atoms with Crippen LogP contribution in [0.1, 0.15) is 5.56 Å². The fourth-order valence-electron chi connectivity index (χ4n) is 3.65. The molecule has 3 aromatic rings. The molecule has 0 bridgehead atoms. The number of nitrogens with one attached hydrogen (secondary N) is 2. The molecule has 1 heterocycles. The van der Waals surface area contributed by atoms with Crippen molar-refractivity contribution in [3.8, 4) is 17.1 Å². The maximum atomic E-state index is 13.1. The predicted octanol–water partition coefficient (Wildman–Crippen LogP) is 5.36. The van der Waals surface area contributed by atoms with Crippen LogP contribution in [0.25, 0.3) is 28.1 Å². The van der Waals surface area contributed by atoms with Gasteiger partial charge in [0.1, 0.15) is 5.82 Å². The molecular weight excluding hydrogens is 375 g/mol. The lowest BCUT2D eigenvalue weighted by molar-refractivity contribution is 0.627. The summed E-state index contributed by atoms with van der Waals surface area (Å²) in [6.07, 6.45) is 0. The van der Waals surface area contributed by atoms with Gasteiger partial charge in [0.15, 0.2) is 0 Å². The van der Waals surface area contributed by atoms with Gasteiger partial charge in [0, 0.05) is 12.2 Å². The highest BCUT2D eigenvalue weighted by molar-refractivity contribution is 5.83. The first-order chi connectivity index (χ1) is 14.7. The number of hydrogen-bond donors (Lipinski definition) is 2. The van der Waals surface area contributed by atoms with Gasteiger partial charge in [0.25, 0.3) is 0 Å². The summed E-state index contributed by atoms with van der Waals surface area (Å²) in [6, 6.07) is 28.2. The molecule has 0 spiro atoms. The molecule has 0 atom stereocenters. The first kappa shape index (κ1) is 18.1. The second kappa shape index (κ2) is 7.44. The summed E-state index contributed by atoms with van der Waals surface area (Å²) in [7, 11) is 0. The third-order valence-corrected chi connectivity index (χ3v) is 5.13. The molecule has 0 fully saturated rings. The lowest BCUT2D eigenvalue weighted by Crippen LogP contribution is -2.15. The standard InChI is InChI=1S/C25H19FN4/c26-18-12-10-17(11-13-18)16-28-22-15-23-25(14-20(22)27)30(19-6-2-1-3-7-19)24-9-5-4-8-21(24)29-23/h1-15,27-28H,16H2. The van der Waals surface area contributed by atoms with E-state index < -0.39 is 0 Å². The monoisotopic (exact) mass is 394 g/mol. The number of nitrogens with zero attached hydrogens (tertiary/aromatic N) is 2. The van der Waals surface area contributed by atoms with Gasteiger partial charge in [-0.05, 0) is 54.1 Å². The zero-order valence-electron chi connectivity index (χ0n) is 16.1. The third kappa shape index (κ3) is 3.31. The molecule has 2 aliphatic rings.